The molecule has 0 saturated carbocycles. The molecule has 0 fully saturated rings. The Labute approximate surface area is 108 Å². The highest BCUT2D eigenvalue weighted by Gasteiger charge is 2.15. The molecule has 0 aliphatic carbocycles. The molecule has 0 amide bonds. The molecule has 0 radical (unpaired) electrons. The van der Waals surface area contributed by atoms with E-state index in [0.29, 0.717) is 17.2 Å². The first kappa shape index (κ1) is 13.8. The monoisotopic (exact) mass is 252 g/mol. The zero-order valence-corrected chi connectivity index (χ0v) is 11.2. The van der Waals surface area contributed by atoms with Gasteiger partial charge >= 0.3 is 0 Å². The highest BCUT2D eigenvalue weighted by atomic mass is 35.5. The average Bonchev–Trinajstić information content (AvgIpc) is 2.32. The lowest BCUT2D eigenvalue weighted by molar-refractivity contribution is 0.182. The maximum Gasteiger partial charge on any atom is 0.0992 e. The third-order valence-corrected chi connectivity index (χ3v) is 2.97. The number of methoxy groups -OCH3 is 1. The van der Waals surface area contributed by atoms with E-state index in [4.69, 9.17) is 21.6 Å². The Bertz CT molecular complexity index is 414. The number of ether oxygens (including phenoxy) is 1. The smallest absolute Gasteiger partial charge is 0.0992 e. The van der Waals surface area contributed by atoms with Gasteiger partial charge in [-0.3, -0.25) is 0 Å². The summed E-state index contributed by atoms with van der Waals surface area (Å²) in [6.07, 6.45) is 0. The van der Waals surface area contributed by atoms with E-state index in [0.717, 1.165) is 12.2 Å². The molecule has 0 aliphatic heterocycles. The molecule has 1 rings (SSSR count). The molecule has 1 unspecified atom stereocenters. The molecule has 1 aromatic rings. The van der Waals surface area contributed by atoms with Gasteiger partial charge in [-0.25, -0.2) is 0 Å². The van der Waals surface area contributed by atoms with Crippen LogP contribution in [-0.2, 0) is 4.74 Å². The first-order valence-corrected chi connectivity index (χ1v) is 5.97. The molecule has 0 N–H and O–H groups in total. The molecule has 92 valence electrons. The number of benzene rings is 1. The van der Waals surface area contributed by atoms with Crippen molar-refractivity contribution in [2.75, 3.05) is 25.2 Å². The zero-order chi connectivity index (χ0) is 12.8. The quantitative estimate of drug-likeness (QED) is 0.808. The van der Waals surface area contributed by atoms with Crippen molar-refractivity contribution in [3.05, 3.63) is 28.8 Å². The van der Waals surface area contributed by atoms with Crippen LogP contribution in [-0.4, -0.2) is 26.3 Å². The lowest BCUT2D eigenvalue weighted by atomic mass is 10.2. The number of likely N-dealkylation sites (N-methyl/N-ethyl adjacent to an activating group) is 1. The van der Waals surface area contributed by atoms with Gasteiger partial charge in [0.2, 0.25) is 0 Å². The van der Waals surface area contributed by atoms with Gasteiger partial charge in [-0.2, -0.15) is 5.26 Å². The van der Waals surface area contributed by atoms with Crippen molar-refractivity contribution in [2.24, 2.45) is 0 Å². The minimum atomic E-state index is 0.246. The predicted molar refractivity (Wildman–Crippen MR) is 70.5 cm³/mol. The Morgan fingerprint density at radius 2 is 2.24 bits per heavy atom. The first-order valence-electron chi connectivity index (χ1n) is 5.59. The SMILES string of the molecule is CCN(c1ccc(C#N)cc1Cl)C(C)COC. The van der Waals surface area contributed by atoms with Gasteiger partial charge in [0.25, 0.3) is 0 Å². The van der Waals surface area contributed by atoms with Gasteiger partial charge in [0.05, 0.1) is 28.9 Å². The fourth-order valence-corrected chi connectivity index (χ4v) is 2.15. The molecule has 0 spiro atoms. The number of nitriles is 1. The molecular formula is C13H17ClN2O. The fraction of sp³-hybridized carbons (Fsp3) is 0.462. The van der Waals surface area contributed by atoms with Crippen molar-refractivity contribution in [3.63, 3.8) is 0 Å². The summed E-state index contributed by atoms with van der Waals surface area (Å²) in [4.78, 5) is 2.16. The third-order valence-electron chi connectivity index (χ3n) is 2.67. The van der Waals surface area contributed by atoms with E-state index < -0.39 is 0 Å². The summed E-state index contributed by atoms with van der Waals surface area (Å²) in [6.45, 7) is 5.64. The number of nitrogens with zero attached hydrogens (tertiary/aromatic N) is 2. The maximum absolute atomic E-state index is 8.80. The van der Waals surface area contributed by atoms with E-state index in [1.807, 2.05) is 6.07 Å². The fourth-order valence-electron chi connectivity index (χ4n) is 1.86. The van der Waals surface area contributed by atoms with E-state index >= 15 is 0 Å². The summed E-state index contributed by atoms with van der Waals surface area (Å²) in [7, 11) is 1.69. The summed E-state index contributed by atoms with van der Waals surface area (Å²) in [5.41, 5.74) is 1.52. The van der Waals surface area contributed by atoms with Crippen molar-refractivity contribution in [3.8, 4) is 6.07 Å². The van der Waals surface area contributed by atoms with Gasteiger partial charge in [0.15, 0.2) is 0 Å². The average molecular weight is 253 g/mol. The number of halogens is 1. The number of anilines is 1. The maximum atomic E-state index is 8.80. The van der Waals surface area contributed by atoms with Gasteiger partial charge in [-0.05, 0) is 32.0 Å². The van der Waals surface area contributed by atoms with Crippen LogP contribution in [0.25, 0.3) is 0 Å². The van der Waals surface area contributed by atoms with Crippen molar-refractivity contribution in [1.82, 2.24) is 0 Å². The lowest BCUT2D eigenvalue weighted by Crippen LogP contribution is -2.36. The van der Waals surface area contributed by atoms with Gasteiger partial charge < -0.3 is 9.64 Å². The summed E-state index contributed by atoms with van der Waals surface area (Å²) in [6, 6.07) is 7.68. The van der Waals surface area contributed by atoms with E-state index in [1.165, 1.54) is 0 Å². The molecule has 0 saturated heterocycles. The number of hydrogen-bond donors (Lipinski definition) is 0. The predicted octanol–water partition coefficient (Wildman–Crippen LogP) is 3.07. The second-order valence-corrected chi connectivity index (χ2v) is 4.28. The van der Waals surface area contributed by atoms with Crippen molar-refractivity contribution < 1.29 is 4.74 Å². The molecule has 1 aromatic carbocycles. The molecule has 0 bridgehead atoms. The molecule has 0 aromatic heterocycles. The Morgan fingerprint density at radius 1 is 1.53 bits per heavy atom. The van der Waals surface area contributed by atoms with E-state index in [1.54, 1.807) is 19.2 Å². The van der Waals surface area contributed by atoms with Crippen molar-refractivity contribution in [2.45, 2.75) is 19.9 Å². The molecular weight excluding hydrogens is 236 g/mol. The van der Waals surface area contributed by atoms with Crippen LogP contribution in [0, 0.1) is 11.3 Å². The topological polar surface area (TPSA) is 36.3 Å². The number of rotatable bonds is 5. The largest absolute Gasteiger partial charge is 0.383 e. The minimum Gasteiger partial charge on any atom is -0.383 e. The summed E-state index contributed by atoms with van der Waals surface area (Å²) < 4.78 is 5.16. The summed E-state index contributed by atoms with van der Waals surface area (Å²) in [5.74, 6) is 0. The Balaban J connectivity index is 3.00. The van der Waals surface area contributed by atoms with Gasteiger partial charge in [-0.1, -0.05) is 11.6 Å². The lowest BCUT2D eigenvalue weighted by Gasteiger charge is -2.30. The standard InChI is InChI=1S/C13H17ClN2O/c1-4-16(10(2)9-17-3)13-6-5-11(8-15)7-12(13)14/h5-7,10H,4,9H2,1-3H3. The molecule has 1 atom stereocenters. The highest BCUT2D eigenvalue weighted by Crippen LogP contribution is 2.28. The third kappa shape index (κ3) is 3.36. The first-order chi connectivity index (χ1) is 8.13. The minimum absolute atomic E-state index is 0.246. The summed E-state index contributed by atoms with van der Waals surface area (Å²) in [5, 5.41) is 9.41. The molecule has 0 aliphatic rings. The van der Waals surface area contributed by atoms with Gasteiger partial charge in [0, 0.05) is 19.7 Å². The zero-order valence-electron chi connectivity index (χ0n) is 10.4. The highest BCUT2D eigenvalue weighted by molar-refractivity contribution is 6.33. The van der Waals surface area contributed by atoms with Crippen molar-refractivity contribution in [1.29, 1.82) is 5.26 Å². The second kappa shape index (κ2) is 6.48. The van der Waals surface area contributed by atoms with E-state index in [9.17, 15) is 0 Å². The molecule has 3 nitrogen and oxygen atoms in total. The number of hydrogen-bond acceptors (Lipinski definition) is 3. The van der Waals surface area contributed by atoms with Crippen LogP contribution >= 0.6 is 11.6 Å². The van der Waals surface area contributed by atoms with E-state index in [2.05, 4.69) is 24.8 Å². The van der Waals surface area contributed by atoms with E-state index in [-0.39, 0.29) is 6.04 Å². The van der Waals surface area contributed by atoms with Crippen LogP contribution in [0.4, 0.5) is 5.69 Å². The molecule has 4 heteroatoms. The molecule has 0 heterocycles. The second-order valence-electron chi connectivity index (χ2n) is 3.87. The Hall–Kier alpha value is -1.24. The van der Waals surface area contributed by atoms with Crippen LogP contribution in [0.1, 0.15) is 19.4 Å². The van der Waals surface area contributed by atoms with Gasteiger partial charge in [0.1, 0.15) is 0 Å². The van der Waals surface area contributed by atoms with Crippen molar-refractivity contribution >= 4 is 17.3 Å². The van der Waals surface area contributed by atoms with Crippen LogP contribution in [0.3, 0.4) is 0 Å². The van der Waals surface area contributed by atoms with Crippen LogP contribution in [0.2, 0.25) is 5.02 Å². The summed E-state index contributed by atoms with van der Waals surface area (Å²) >= 11 is 6.19. The Kier molecular flexibility index (Phi) is 5.27. The van der Waals surface area contributed by atoms with Gasteiger partial charge in [-0.15, -0.1) is 0 Å². The van der Waals surface area contributed by atoms with Crippen LogP contribution in [0.5, 0.6) is 0 Å². The normalized spacial score (nSPS) is 11.9. The van der Waals surface area contributed by atoms with Crippen LogP contribution in [0.15, 0.2) is 18.2 Å². The van der Waals surface area contributed by atoms with Crippen LogP contribution < -0.4 is 4.90 Å². The Morgan fingerprint density at radius 3 is 2.71 bits per heavy atom. The molecule has 17 heavy (non-hydrogen) atoms.